The Balaban J connectivity index is 1.21. The summed E-state index contributed by atoms with van der Waals surface area (Å²) >= 11 is 0. The third-order valence-corrected chi connectivity index (χ3v) is 5.95. The van der Waals surface area contributed by atoms with Crippen LogP contribution < -0.4 is 0 Å². The van der Waals surface area contributed by atoms with Gasteiger partial charge in [-0.3, -0.25) is 14.7 Å². The van der Waals surface area contributed by atoms with Gasteiger partial charge in [0.2, 0.25) is 11.8 Å². The zero-order valence-electron chi connectivity index (χ0n) is 18.5. The van der Waals surface area contributed by atoms with Crippen molar-refractivity contribution in [3.8, 4) is 22.9 Å². The van der Waals surface area contributed by atoms with E-state index in [0.717, 1.165) is 42.0 Å². The molecule has 1 aliphatic heterocycles. The number of piperazine rings is 1. The summed E-state index contributed by atoms with van der Waals surface area (Å²) in [5.74, 6) is 0.979. The molecule has 1 amide bonds. The SMILES string of the molecule is Cc1ccccc1-c1nnc(-c2ccc(C(=O)N3CCN(Cc4ccccn4)CC3)cc2)o1. The number of carbonyl (C=O) groups is 1. The van der Waals surface area contributed by atoms with Crippen LogP contribution in [0.3, 0.4) is 0 Å². The second-order valence-electron chi connectivity index (χ2n) is 8.19. The van der Waals surface area contributed by atoms with Crippen LogP contribution in [-0.4, -0.2) is 57.1 Å². The Bertz CT molecular complexity index is 1230. The molecule has 0 bridgehead atoms. The quantitative estimate of drug-likeness (QED) is 0.467. The zero-order valence-corrected chi connectivity index (χ0v) is 18.5. The monoisotopic (exact) mass is 439 g/mol. The second-order valence-corrected chi connectivity index (χ2v) is 8.19. The minimum absolute atomic E-state index is 0.0464. The molecule has 1 fully saturated rings. The van der Waals surface area contributed by atoms with Crippen molar-refractivity contribution in [3.63, 3.8) is 0 Å². The van der Waals surface area contributed by atoms with Crippen LogP contribution in [0.4, 0.5) is 0 Å². The summed E-state index contributed by atoms with van der Waals surface area (Å²) in [6, 6.07) is 21.2. The summed E-state index contributed by atoms with van der Waals surface area (Å²) in [5, 5.41) is 8.38. The highest BCUT2D eigenvalue weighted by Gasteiger charge is 2.22. The molecule has 1 saturated heterocycles. The maximum atomic E-state index is 13.0. The predicted octanol–water partition coefficient (Wildman–Crippen LogP) is 4.07. The fourth-order valence-electron chi connectivity index (χ4n) is 4.03. The summed E-state index contributed by atoms with van der Waals surface area (Å²) in [6.45, 7) is 5.91. The molecule has 7 nitrogen and oxygen atoms in total. The number of rotatable bonds is 5. The number of aromatic nitrogens is 3. The maximum absolute atomic E-state index is 13.0. The van der Waals surface area contributed by atoms with Gasteiger partial charge in [-0.1, -0.05) is 24.3 Å². The van der Waals surface area contributed by atoms with E-state index in [0.29, 0.717) is 30.4 Å². The van der Waals surface area contributed by atoms with Crippen molar-refractivity contribution in [1.29, 1.82) is 0 Å². The van der Waals surface area contributed by atoms with E-state index in [1.165, 1.54) is 0 Å². The molecule has 0 saturated carbocycles. The molecule has 5 rings (SSSR count). The molecule has 0 radical (unpaired) electrons. The predicted molar refractivity (Wildman–Crippen MR) is 125 cm³/mol. The highest BCUT2D eigenvalue weighted by Crippen LogP contribution is 2.26. The number of hydrogen-bond acceptors (Lipinski definition) is 6. The summed E-state index contributed by atoms with van der Waals surface area (Å²) in [5.41, 5.74) is 4.51. The van der Waals surface area contributed by atoms with Crippen LogP contribution in [0.25, 0.3) is 22.9 Å². The van der Waals surface area contributed by atoms with Crippen LogP contribution >= 0.6 is 0 Å². The molecule has 0 N–H and O–H groups in total. The van der Waals surface area contributed by atoms with Crippen LogP contribution in [0, 0.1) is 6.92 Å². The molecular weight excluding hydrogens is 414 g/mol. The Hall–Kier alpha value is -3.84. The molecule has 2 aromatic heterocycles. The van der Waals surface area contributed by atoms with E-state index in [1.807, 2.05) is 84.8 Å². The van der Waals surface area contributed by atoms with E-state index in [2.05, 4.69) is 20.1 Å². The molecule has 7 heteroatoms. The highest BCUT2D eigenvalue weighted by atomic mass is 16.4. The van der Waals surface area contributed by atoms with Crippen molar-refractivity contribution < 1.29 is 9.21 Å². The molecule has 3 heterocycles. The van der Waals surface area contributed by atoms with E-state index in [9.17, 15) is 4.79 Å². The largest absolute Gasteiger partial charge is 0.416 e. The Labute approximate surface area is 192 Å². The van der Waals surface area contributed by atoms with Gasteiger partial charge in [-0.05, 0) is 55.0 Å². The van der Waals surface area contributed by atoms with Crippen molar-refractivity contribution in [2.45, 2.75) is 13.5 Å². The molecule has 0 spiro atoms. The van der Waals surface area contributed by atoms with E-state index >= 15 is 0 Å². The van der Waals surface area contributed by atoms with Gasteiger partial charge in [0.25, 0.3) is 5.91 Å². The van der Waals surface area contributed by atoms with Gasteiger partial charge in [-0.2, -0.15) is 0 Å². The molecule has 166 valence electrons. The van der Waals surface area contributed by atoms with Gasteiger partial charge in [0, 0.05) is 55.6 Å². The summed E-state index contributed by atoms with van der Waals surface area (Å²) < 4.78 is 5.89. The van der Waals surface area contributed by atoms with Crippen molar-refractivity contribution in [2.75, 3.05) is 26.2 Å². The fourth-order valence-corrected chi connectivity index (χ4v) is 4.03. The third kappa shape index (κ3) is 4.68. The van der Waals surface area contributed by atoms with Crippen molar-refractivity contribution in [2.24, 2.45) is 0 Å². The average Bonchev–Trinajstić information content (AvgIpc) is 3.35. The minimum Gasteiger partial charge on any atom is -0.416 e. The van der Waals surface area contributed by atoms with Crippen LogP contribution in [0.2, 0.25) is 0 Å². The Morgan fingerprint density at radius 2 is 1.61 bits per heavy atom. The molecule has 0 unspecified atom stereocenters. The number of amides is 1. The molecule has 0 atom stereocenters. The van der Waals surface area contributed by atoms with Gasteiger partial charge in [-0.15, -0.1) is 10.2 Å². The molecule has 0 aliphatic carbocycles. The summed E-state index contributed by atoms with van der Waals surface area (Å²) in [6.07, 6.45) is 1.82. The molecule has 4 aromatic rings. The standard InChI is InChI=1S/C26H25N5O2/c1-19-6-2-3-8-23(19)25-29-28-24(33-25)20-9-11-21(12-10-20)26(32)31-16-14-30(15-17-31)18-22-7-4-5-13-27-22/h2-13H,14-18H2,1H3. The lowest BCUT2D eigenvalue weighted by Gasteiger charge is -2.34. The van der Waals surface area contributed by atoms with Gasteiger partial charge >= 0.3 is 0 Å². The van der Waals surface area contributed by atoms with Crippen LogP contribution in [0.15, 0.2) is 77.3 Å². The minimum atomic E-state index is 0.0464. The molecular formula is C26H25N5O2. The first-order valence-corrected chi connectivity index (χ1v) is 11.1. The maximum Gasteiger partial charge on any atom is 0.253 e. The normalized spacial score (nSPS) is 14.4. The van der Waals surface area contributed by atoms with Crippen molar-refractivity contribution in [1.82, 2.24) is 25.0 Å². The first-order chi connectivity index (χ1) is 16.2. The Morgan fingerprint density at radius 3 is 2.33 bits per heavy atom. The molecule has 2 aromatic carbocycles. The van der Waals surface area contributed by atoms with Gasteiger partial charge in [0.1, 0.15) is 0 Å². The number of carbonyl (C=O) groups excluding carboxylic acids is 1. The highest BCUT2D eigenvalue weighted by molar-refractivity contribution is 5.94. The third-order valence-electron chi connectivity index (χ3n) is 5.95. The number of aryl methyl sites for hydroxylation is 1. The zero-order chi connectivity index (χ0) is 22.6. The number of hydrogen-bond donors (Lipinski definition) is 0. The Kier molecular flexibility index (Phi) is 5.95. The van der Waals surface area contributed by atoms with Gasteiger partial charge < -0.3 is 9.32 Å². The first-order valence-electron chi connectivity index (χ1n) is 11.1. The second kappa shape index (κ2) is 9.34. The number of nitrogens with zero attached hydrogens (tertiary/aromatic N) is 5. The topological polar surface area (TPSA) is 75.4 Å². The van der Waals surface area contributed by atoms with Crippen molar-refractivity contribution in [3.05, 3.63) is 89.7 Å². The lowest BCUT2D eigenvalue weighted by atomic mass is 10.1. The fraction of sp³-hybridized carbons (Fsp3) is 0.231. The summed E-state index contributed by atoms with van der Waals surface area (Å²) in [4.78, 5) is 21.6. The van der Waals surface area contributed by atoms with E-state index in [-0.39, 0.29) is 5.91 Å². The van der Waals surface area contributed by atoms with Crippen LogP contribution in [0.5, 0.6) is 0 Å². The van der Waals surface area contributed by atoms with Crippen LogP contribution in [-0.2, 0) is 6.54 Å². The van der Waals surface area contributed by atoms with Crippen molar-refractivity contribution >= 4 is 5.91 Å². The number of pyridine rings is 1. The van der Waals surface area contributed by atoms with Gasteiger partial charge in [0.15, 0.2) is 0 Å². The van der Waals surface area contributed by atoms with E-state index < -0.39 is 0 Å². The van der Waals surface area contributed by atoms with Gasteiger partial charge in [0.05, 0.1) is 5.69 Å². The summed E-state index contributed by atoms with van der Waals surface area (Å²) in [7, 11) is 0. The van der Waals surface area contributed by atoms with Gasteiger partial charge in [-0.25, -0.2) is 0 Å². The lowest BCUT2D eigenvalue weighted by Crippen LogP contribution is -2.48. The first kappa shape index (κ1) is 21.0. The van der Waals surface area contributed by atoms with E-state index in [1.54, 1.807) is 0 Å². The van der Waals surface area contributed by atoms with E-state index in [4.69, 9.17) is 4.42 Å². The molecule has 1 aliphatic rings. The Morgan fingerprint density at radius 1 is 0.879 bits per heavy atom. The number of benzene rings is 2. The smallest absolute Gasteiger partial charge is 0.253 e. The van der Waals surface area contributed by atoms with Crippen LogP contribution in [0.1, 0.15) is 21.6 Å². The average molecular weight is 440 g/mol. The molecule has 33 heavy (non-hydrogen) atoms. The lowest BCUT2D eigenvalue weighted by molar-refractivity contribution is 0.0627.